The minimum absolute atomic E-state index is 0.0718. The second-order valence-corrected chi connectivity index (χ2v) is 15.6. The Labute approximate surface area is 346 Å². The number of ether oxygens (including phenoxy) is 5. The molecular weight excluding hydrogens is 753 g/mol. The average molecular weight is 809 g/mol. The summed E-state index contributed by atoms with van der Waals surface area (Å²) in [4.78, 5) is 62.7. The van der Waals surface area contributed by atoms with Gasteiger partial charge in [0.2, 0.25) is 17.7 Å². The molecule has 0 bridgehead atoms. The van der Waals surface area contributed by atoms with Crippen LogP contribution in [-0.4, -0.2) is 80.3 Å². The summed E-state index contributed by atoms with van der Waals surface area (Å²) in [5.41, 5.74) is 1.97. The molecule has 1 aliphatic carbocycles. The first-order valence-corrected chi connectivity index (χ1v) is 19.9. The zero-order chi connectivity index (χ0) is 43.0. The Balaban J connectivity index is 1.52. The van der Waals surface area contributed by atoms with E-state index >= 15 is 0 Å². The van der Waals surface area contributed by atoms with Gasteiger partial charge in [-0.05, 0) is 70.4 Å². The maximum absolute atomic E-state index is 14.5. The highest BCUT2D eigenvalue weighted by Gasteiger charge is 2.41. The largest absolute Gasteiger partial charge is 0.497 e. The lowest BCUT2D eigenvalue weighted by molar-refractivity contribution is -0.159. The fourth-order valence-corrected chi connectivity index (χ4v) is 6.96. The Morgan fingerprint density at radius 2 is 1.53 bits per heavy atom. The Morgan fingerprint density at radius 1 is 0.847 bits per heavy atom. The molecule has 4 aromatic rings. The second-order valence-electron chi connectivity index (χ2n) is 15.6. The first-order valence-electron chi connectivity index (χ1n) is 19.9. The highest BCUT2D eigenvalue weighted by Crippen LogP contribution is 2.37. The number of benzene rings is 3. The molecule has 4 atom stereocenters. The molecule has 3 unspecified atom stereocenters. The van der Waals surface area contributed by atoms with Gasteiger partial charge in [-0.15, -0.1) is 0 Å². The third-order valence-corrected chi connectivity index (χ3v) is 10.0. The number of pyridine rings is 1. The lowest BCUT2D eigenvalue weighted by Gasteiger charge is -2.30. The fourth-order valence-electron chi connectivity index (χ4n) is 6.96. The van der Waals surface area contributed by atoms with Crippen molar-refractivity contribution in [1.82, 2.24) is 15.6 Å². The average Bonchev–Trinajstić information content (AvgIpc) is 3.65. The molecule has 13 nitrogen and oxygen atoms in total. The molecule has 13 heteroatoms. The smallest absolute Gasteiger partial charge is 0.329 e. The molecule has 3 amide bonds. The quantitative estimate of drug-likeness (QED) is 0.113. The van der Waals surface area contributed by atoms with Gasteiger partial charge in [-0.1, -0.05) is 51.1 Å². The van der Waals surface area contributed by atoms with Crippen LogP contribution >= 0.6 is 0 Å². The number of methoxy groups -OCH3 is 3. The molecule has 59 heavy (non-hydrogen) atoms. The van der Waals surface area contributed by atoms with E-state index in [1.165, 1.54) is 19.1 Å². The number of esters is 1. The van der Waals surface area contributed by atoms with Crippen molar-refractivity contribution in [2.75, 3.05) is 32.8 Å². The van der Waals surface area contributed by atoms with E-state index in [9.17, 15) is 19.2 Å². The maximum atomic E-state index is 14.5. The van der Waals surface area contributed by atoms with Gasteiger partial charge in [0.15, 0.2) is 0 Å². The van der Waals surface area contributed by atoms with Gasteiger partial charge < -0.3 is 39.2 Å². The highest BCUT2D eigenvalue weighted by molar-refractivity contribution is 6.06. The minimum atomic E-state index is -1.04. The van der Waals surface area contributed by atoms with Crippen LogP contribution < -0.4 is 34.5 Å². The minimum Gasteiger partial charge on any atom is -0.497 e. The van der Waals surface area contributed by atoms with Crippen LogP contribution in [0.2, 0.25) is 0 Å². The predicted molar refractivity (Wildman–Crippen MR) is 227 cm³/mol. The van der Waals surface area contributed by atoms with Crippen molar-refractivity contribution >= 4 is 40.3 Å². The molecule has 0 saturated carbocycles. The lowest BCUT2D eigenvalue weighted by atomic mass is 9.96. The van der Waals surface area contributed by atoms with E-state index in [4.69, 9.17) is 28.7 Å². The van der Waals surface area contributed by atoms with E-state index < -0.39 is 47.5 Å². The van der Waals surface area contributed by atoms with E-state index in [-0.39, 0.29) is 36.8 Å². The highest BCUT2D eigenvalue weighted by atomic mass is 16.6. The number of hydrogen-bond acceptors (Lipinski definition) is 10. The molecule has 0 aliphatic heterocycles. The SMILES string of the molecule is CC[C@H](NC(=O)C1CC(Oc2cc(-c3ccccc3)nc3cc(OC)ccc23)C=C1C(=O)NC(C(=O)N(CC)c1cc(OC)ccc1OC)C(C)C)C(=O)OC(C)(C)C. The van der Waals surface area contributed by atoms with E-state index in [0.29, 0.717) is 45.3 Å². The molecule has 2 N–H and O–H groups in total. The first kappa shape index (κ1) is 44.0. The van der Waals surface area contributed by atoms with Crippen LogP contribution in [0.1, 0.15) is 61.3 Å². The van der Waals surface area contributed by atoms with Crippen LogP contribution in [0.3, 0.4) is 0 Å². The van der Waals surface area contributed by atoms with Gasteiger partial charge in [-0.3, -0.25) is 14.4 Å². The lowest BCUT2D eigenvalue weighted by Crippen LogP contribution is -2.52. The number of anilines is 1. The Hall–Kier alpha value is -6.11. The summed E-state index contributed by atoms with van der Waals surface area (Å²) in [7, 11) is 4.63. The molecule has 0 fully saturated rings. The summed E-state index contributed by atoms with van der Waals surface area (Å²) in [6, 6.07) is 20.2. The fraction of sp³-hybridized carbons (Fsp3) is 0.413. The number of amides is 3. The van der Waals surface area contributed by atoms with Crippen LogP contribution in [0.15, 0.2) is 84.4 Å². The third-order valence-electron chi connectivity index (χ3n) is 10.0. The summed E-state index contributed by atoms with van der Waals surface area (Å²) in [5.74, 6) is -1.43. The summed E-state index contributed by atoms with van der Waals surface area (Å²) in [6.45, 7) is 12.8. The van der Waals surface area contributed by atoms with Crippen LogP contribution in [0.25, 0.3) is 22.2 Å². The van der Waals surface area contributed by atoms with Gasteiger partial charge in [0, 0.05) is 47.7 Å². The topological polar surface area (TPSA) is 155 Å². The van der Waals surface area contributed by atoms with Gasteiger partial charge in [-0.25, -0.2) is 9.78 Å². The van der Waals surface area contributed by atoms with Crippen molar-refractivity contribution in [3.63, 3.8) is 0 Å². The Morgan fingerprint density at radius 3 is 2.14 bits per heavy atom. The molecule has 0 radical (unpaired) electrons. The van der Waals surface area contributed by atoms with Gasteiger partial charge in [0.1, 0.15) is 46.8 Å². The van der Waals surface area contributed by atoms with E-state index in [2.05, 4.69) is 10.6 Å². The number of likely N-dealkylation sites (N-methyl/N-ethyl adjacent to an activating group) is 1. The van der Waals surface area contributed by atoms with Gasteiger partial charge in [0.05, 0.1) is 44.1 Å². The van der Waals surface area contributed by atoms with Gasteiger partial charge >= 0.3 is 5.97 Å². The monoisotopic (exact) mass is 808 g/mol. The maximum Gasteiger partial charge on any atom is 0.329 e. The van der Waals surface area contributed by atoms with Crippen LogP contribution in [0, 0.1) is 11.8 Å². The normalized spacial score (nSPS) is 16.1. The second kappa shape index (κ2) is 19.1. The number of nitrogens with zero attached hydrogens (tertiary/aromatic N) is 2. The summed E-state index contributed by atoms with van der Waals surface area (Å²) >= 11 is 0. The van der Waals surface area contributed by atoms with Crippen molar-refractivity contribution < 1.29 is 42.9 Å². The molecule has 3 aromatic carbocycles. The van der Waals surface area contributed by atoms with Crippen molar-refractivity contribution in [2.24, 2.45) is 11.8 Å². The zero-order valence-corrected chi connectivity index (χ0v) is 35.6. The van der Waals surface area contributed by atoms with Crippen molar-refractivity contribution in [3.8, 4) is 34.3 Å². The zero-order valence-electron chi connectivity index (χ0n) is 35.6. The van der Waals surface area contributed by atoms with Crippen molar-refractivity contribution in [3.05, 3.63) is 84.4 Å². The van der Waals surface area contributed by atoms with Gasteiger partial charge in [-0.2, -0.15) is 0 Å². The number of nitrogens with one attached hydrogen (secondary N) is 2. The van der Waals surface area contributed by atoms with E-state index in [1.807, 2.05) is 75.4 Å². The molecule has 0 saturated heterocycles. The molecule has 314 valence electrons. The van der Waals surface area contributed by atoms with Crippen LogP contribution in [0.4, 0.5) is 5.69 Å². The van der Waals surface area contributed by atoms with Crippen molar-refractivity contribution in [2.45, 2.75) is 85.1 Å². The van der Waals surface area contributed by atoms with Crippen LogP contribution in [-0.2, 0) is 23.9 Å². The number of carbonyl (C=O) groups is 4. The Bertz CT molecular complexity index is 2180. The molecule has 1 heterocycles. The standard InChI is InChI=1S/C46H56N4O9/c1-11-35(45(54)59-46(5,6)7)48-42(51)33-22-31(58-40-26-36(28-16-14-13-15-17-28)47-37-24-29(55-8)18-20-32(37)40)23-34(33)43(52)49-41(27(3)4)44(53)50(12-2)38-25-30(56-9)19-21-39(38)57-10/h13-21,23-27,31,33,35,41H,11-12,22H2,1-10H3,(H,48,51)(H,49,52)/t31?,33?,35-,41?/m0/s1. The molecular formula is C46H56N4O9. The van der Waals surface area contributed by atoms with E-state index in [0.717, 1.165) is 5.56 Å². The molecule has 5 rings (SSSR count). The summed E-state index contributed by atoms with van der Waals surface area (Å²) in [5, 5.41) is 6.48. The molecule has 1 aliphatic rings. The molecule has 1 aromatic heterocycles. The predicted octanol–water partition coefficient (Wildman–Crippen LogP) is 7.05. The Kier molecular flexibility index (Phi) is 14.2. The summed E-state index contributed by atoms with van der Waals surface area (Å²) in [6.07, 6.45) is 1.20. The van der Waals surface area contributed by atoms with E-state index in [1.54, 1.807) is 59.1 Å². The number of rotatable bonds is 16. The van der Waals surface area contributed by atoms with Gasteiger partial charge in [0.25, 0.3) is 0 Å². The van der Waals surface area contributed by atoms with Crippen LogP contribution in [0.5, 0.6) is 23.0 Å². The number of hydrogen-bond donors (Lipinski definition) is 2. The molecule has 0 spiro atoms. The van der Waals surface area contributed by atoms with Crippen molar-refractivity contribution in [1.29, 1.82) is 0 Å². The summed E-state index contributed by atoms with van der Waals surface area (Å²) < 4.78 is 28.8. The number of aromatic nitrogens is 1. The number of carbonyl (C=O) groups excluding carboxylic acids is 4. The number of fused-ring (bicyclic) bond motifs is 1. The third kappa shape index (κ3) is 10.5. The first-order chi connectivity index (χ1) is 28.1.